The minimum Gasteiger partial charge on any atom is -0.339 e. The number of rotatable bonds is 3. The summed E-state index contributed by atoms with van der Waals surface area (Å²) in [7, 11) is 1.54. The molecule has 0 aliphatic carbocycles. The van der Waals surface area contributed by atoms with Crippen LogP contribution in [0.5, 0.6) is 0 Å². The molecule has 0 heterocycles. The van der Waals surface area contributed by atoms with Gasteiger partial charge in [-0.15, -0.1) is 0 Å². The van der Waals surface area contributed by atoms with Crippen molar-refractivity contribution in [2.75, 3.05) is 7.05 Å². The standard InChI is InChI=1S/C7H16N2O2/c1-5-7(2,3)11-9-6(10)8-4/h5H2,1-4H3,(H2,8,9,10). The van der Waals surface area contributed by atoms with Crippen LogP contribution in [0.15, 0.2) is 0 Å². The highest BCUT2D eigenvalue weighted by Gasteiger charge is 2.16. The van der Waals surface area contributed by atoms with Gasteiger partial charge in [0.2, 0.25) is 0 Å². The molecule has 2 amide bonds. The Hall–Kier alpha value is -0.770. The fourth-order valence-corrected chi connectivity index (χ4v) is 0.308. The Morgan fingerprint density at radius 2 is 2.09 bits per heavy atom. The van der Waals surface area contributed by atoms with Crippen molar-refractivity contribution >= 4 is 6.03 Å². The van der Waals surface area contributed by atoms with E-state index in [0.717, 1.165) is 6.42 Å². The first kappa shape index (κ1) is 10.2. The van der Waals surface area contributed by atoms with E-state index < -0.39 is 0 Å². The summed E-state index contributed by atoms with van der Waals surface area (Å²) in [5.41, 5.74) is 1.97. The molecule has 0 aromatic heterocycles. The van der Waals surface area contributed by atoms with E-state index in [1.807, 2.05) is 20.8 Å². The van der Waals surface area contributed by atoms with Gasteiger partial charge in [0.05, 0.1) is 5.60 Å². The molecule has 0 aliphatic heterocycles. The van der Waals surface area contributed by atoms with E-state index in [2.05, 4.69) is 10.8 Å². The van der Waals surface area contributed by atoms with E-state index >= 15 is 0 Å². The molecule has 0 bridgehead atoms. The SMILES string of the molecule is CCC(C)(C)ONC(=O)NC. The molecule has 2 N–H and O–H groups in total. The minimum absolute atomic E-state index is 0.299. The molecule has 0 aromatic rings. The van der Waals surface area contributed by atoms with Crippen LogP contribution in [-0.4, -0.2) is 18.7 Å². The zero-order chi connectivity index (χ0) is 8.91. The number of urea groups is 1. The molecular weight excluding hydrogens is 144 g/mol. The van der Waals surface area contributed by atoms with Gasteiger partial charge in [0, 0.05) is 7.05 Å². The third-order valence-corrected chi connectivity index (χ3v) is 1.50. The highest BCUT2D eigenvalue weighted by Crippen LogP contribution is 2.10. The quantitative estimate of drug-likeness (QED) is 0.606. The monoisotopic (exact) mass is 160 g/mol. The highest BCUT2D eigenvalue weighted by molar-refractivity contribution is 5.72. The summed E-state index contributed by atoms with van der Waals surface area (Å²) in [6.45, 7) is 5.80. The lowest BCUT2D eigenvalue weighted by Crippen LogP contribution is -2.39. The topological polar surface area (TPSA) is 50.4 Å². The van der Waals surface area contributed by atoms with Crippen molar-refractivity contribution in [1.82, 2.24) is 10.8 Å². The van der Waals surface area contributed by atoms with Gasteiger partial charge in [-0.3, -0.25) is 4.84 Å². The van der Waals surface area contributed by atoms with E-state index in [-0.39, 0.29) is 11.6 Å². The fourth-order valence-electron chi connectivity index (χ4n) is 0.308. The number of hydrogen-bond donors (Lipinski definition) is 2. The Labute approximate surface area is 67.3 Å². The van der Waals surface area contributed by atoms with E-state index in [1.54, 1.807) is 0 Å². The second-order valence-corrected chi connectivity index (χ2v) is 2.90. The van der Waals surface area contributed by atoms with Crippen LogP contribution in [0.25, 0.3) is 0 Å². The molecule has 0 unspecified atom stereocenters. The lowest BCUT2D eigenvalue weighted by atomic mass is 10.1. The molecule has 11 heavy (non-hydrogen) atoms. The minimum atomic E-state index is -0.327. The average molecular weight is 160 g/mol. The third kappa shape index (κ3) is 4.61. The first-order chi connectivity index (χ1) is 5.02. The van der Waals surface area contributed by atoms with Crippen LogP contribution in [0.1, 0.15) is 27.2 Å². The molecule has 0 saturated heterocycles. The molecule has 4 heteroatoms. The van der Waals surface area contributed by atoms with Gasteiger partial charge in [-0.1, -0.05) is 6.92 Å². The van der Waals surface area contributed by atoms with Crippen molar-refractivity contribution in [3.8, 4) is 0 Å². The van der Waals surface area contributed by atoms with Crippen molar-refractivity contribution in [2.45, 2.75) is 32.8 Å². The Morgan fingerprint density at radius 1 is 1.55 bits per heavy atom. The molecular formula is C7H16N2O2. The molecule has 0 radical (unpaired) electrons. The van der Waals surface area contributed by atoms with E-state index in [1.165, 1.54) is 7.05 Å². The van der Waals surface area contributed by atoms with E-state index in [0.29, 0.717) is 0 Å². The Kier molecular flexibility index (Phi) is 3.89. The number of hydroxylamine groups is 1. The van der Waals surface area contributed by atoms with Gasteiger partial charge in [-0.2, -0.15) is 0 Å². The van der Waals surface area contributed by atoms with Crippen molar-refractivity contribution in [3.63, 3.8) is 0 Å². The number of amides is 2. The molecule has 0 rings (SSSR count). The first-order valence-corrected chi connectivity index (χ1v) is 3.67. The zero-order valence-electron chi connectivity index (χ0n) is 7.52. The maximum absolute atomic E-state index is 10.6. The largest absolute Gasteiger partial charge is 0.339 e. The normalized spacial score (nSPS) is 10.9. The molecule has 0 aromatic carbocycles. The maximum atomic E-state index is 10.6. The molecule has 0 fully saturated rings. The van der Waals surface area contributed by atoms with Crippen LogP contribution >= 0.6 is 0 Å². The Morgan fingerprint density at radius 3 is 2.45 bits per heavy atom. The second-order valence-electron chi connectivity index (χ2n) is 2.90. The number of hydrogen-bond acceptors (Lipinski definition) is 2. The Balaban J connectivity index is 3.61. The average Bonchev–Trinajstić information content (AvgIpc) is 2.00. The maximum Gasteiger partial charge on any atom is 0.338 e. The molecule has 0 atom stereocenters. The van der Waals surface area contributed by atoms with Crippen LogP contribution in [0.3, 0.4) is 0 Å². The highest BCUT2D eigenvalue weighted by atomic mass is 16.7. The molecule has 0 aliphatic rings. The molecule has 0 spiro atoms. The lowest BCUT2D eigenvalue weighted by Gasteiger charge is -2.22. The zero-order valence-corrected chi connectivity index (χ0v) is 7.52. The first-order valence-electron chi connectivity index (χ1n) is 3.67. The Bertz CT molecular complexity index is 134. The summed E-state index contributed by atoms with van der Waals surface area (Å²) in [6, 6.07) is -0.327. The predicted octanol–water partition coefficient (Wildman–Crippen LogP) is 1.04. The van der Waals surface area contributed by atoms with Gasteiger partial charge in [0.25, 0.3) is 0 Å². The van der Waals surface area contributed by atoms with Gasteiger partial charge >= 0.3 is 6.03 Å². The van der Waals surface area contributed by atoms with Gasteiger partial charge in [-0.05, 0) is 20.3 Å². The van der Waals surface area contributed by atoms with Crippen molar-refractivity contribution < 1.29 is 9.63 Å². The summed E-state index contributed by atoms with van der Waals surface area (Å²) in [5.74, 6) is 0. The predicted molar refractivity (Wildman–Crippen MR) is 43.0 cm³/mol. The van der Waals surface area contributed by atoms with E-state index in [9.17, 15) is 4.79 Å². The number of carbonyl (C=O) groups is 1. The van der Waals surface area contributed by atoms with Gasteiger partial charge < -0.3 is 5.32 Å². The van der Waals surface area contributed by atoms with Crippen molar-refractivity contribution in [2.24, 2.45) is 0 Å². The number of nitrogens with one attached hydrogen (secondary N) is 2. The second kappa shape index (κ2) is 4.18. The van der Waals surface area contributed by atoms with Crippen LogP contribution in [0, 0.1) is 0 Å². The van der Waals surface area contributed by atoms with Crippen molar-refractivity contribution in [3.05, 3.63) is 0 Å². The summed E-state index contributed by atoms with van der Waals surface area (Å²) in [4.78, 5) is 15.7. The van der Waals surface area contributed by atoms with Gasteiger partial charge in [-0.25, -0.2) is 10.3 Å². The van der Waals surface area contributed by atoms with Gasteiger partial charge in [0.1, 0.15) is 0 Å². The van der Waals surface area contributed by atoms with Gasteiger partial charge in [0.15, 0.2) is 0 Å². The summed E-state index contributed by atoms with van der Waals surface area (Å²) in [6.07, 6.45) is 0.844. The molecule has 0 saturated carbocycles. The lowest BCUT2D eigenvalue weighted by molar-refractivity contribution is -0.0668. The summed E-state index contributed by atoms with van der Waals surface area (Å²) < 4.78 is 0. The fraction of sp³-hybridized carbons (Fsp3) is 0.857. The van der Waals surface area contributed by atoms with Crippen LogP contribution < -0.4 is 10.8 Å². The summed E-state index contributed by atoms with van der Waals surface area (Å²) >= 11 is 0. The van der Waals surface area contributed by atoms with Crippen LogP contribution in [0.4, 0.5) is 4.79 Å². The van der Waals surface area contributed by atoms with Crippen molar-refractivity contribution in [1.29, 1.82) is 0 Å². The molecule has 66 valence electrons. The van der Waals surface area contributed by atoms with Crippen LogP contribution in [-0.2, 0) is 4.84 Å². The molecule has 4 nitrogen and oxygen atoms in total. The summed E-state index contributed by atoms with van der Waals surface area (Å²) in [5, 5.41) is 2.39. The third-order valence-electron chi connectivity index (χ3n) is 1.50. The van der Waals surface area contributed by atoms with E-state index in [4.69, 9.17) is 4.84 Å². The smallest absolute Gasteiger partial charge is 0.338 e. The number of carbonyl (C=O) groups excluding carboxylic acids is 1. The van der Waals surface area contributed by atoms with Crippen LogP contribution in [0.2, 0.25) is 0 Å².